The Morgan fingerprint density at radius 1 is 1.20 bits per heavy atom. The summed E-state index contributed by atoms with van der Waals surface area (Å²) in [6.07, 6.45) is 1.32. The van der Waals surface area contributed by atoms with Gasteiger partial charge in [0.1, 0.15) is 0 Å². The number of rotatable bonds is 3. The standard InChI is InChI=1S/C16H24BrN3/c1-13(15-4-2-3-5-16(15)17)19-8-10-20(11-9-19)14-6-7-18-12-14/h2-5,13-14,18H,6-12H2,1H3. The minimum atomic E-state index is 0.495. The Bertz CT molecular complexity index is 437. The molecule has 0 radical (unpaired) electrons. The van der Waals surface area contributed by atoms with Gasteiger partial charge in [0.05, 0.1) is 0 Å². The number of piperazine rings is 1. The number of halogens is 1. The van der Waals surface area contributed by atoms with Gasteiger partial charge in [-0.3, -0.25) is 9.80 Å². The van der Waals surface area contributed by atoms with Crippen LogP contribution in [-0.4, -0.2) is 55.1 Å². The van der Waals surface area contributed by atoms with E-state index >= 15 is 0 Å². The zero-order chi connectivity index (χ0) is 13.9. The average Bonchev–Trinajstić information content (AvgIpc) is 3.01. The van der Waals surface area contributed by atoms with Crippen LogP contribution in [0.3, 0.4) is 0 Å². The first-order valence-corrected chi connectivity index (χ1v) is 8.48. The van der Waals surface area contributed by atoms with Crippen molar-refractivity contribution >= 4 is 15.9 Å². The molecule has 1 N–H and O–H groups in total. The third-order valence-corrected chi connectivity index (χ3v) is 5.52. The van der Waals surface area contributed by atoms with Gasteiger partial charge in [0.25, 0.3) is 0 Å². The zero-order valence-electron chi connectivity index (χ0n) is 12.2. The number of hydrogen-bond acceptors (Lipinski definition) is 3. The van der Waals surface area contributed by atoms with Crippen molar-refractivity contribution in [1.82, 2.24) is 15.1 Å². The molecule has 2 unspecified atom stereocenters. The fourth-order valence-electron chi connectivity index (χ4n) is 3.45. The topological polar surface area (TPSA) is 18.5 Å². The highest BCUT2D eigenvalue weighted by atomic mass is 79.9. The first-order chi connectivity index (χ1) is 9.75. The largest absolute Gasteiger partial charge is 0.315 e. The minimum Gasteiger partial charge on any atom is -0.315 e. The van der Waals surface area contributed by atoms with E-state index in [9.17, 15) is 0 Å². The molecule has 3 nitrogen and oxygen atoms in total. The third-order valence-electron chi connectivity index (χ3n) is 4.80. The van der Waals surface area contributed by atoms with Gasteiger partial charge in [-0.2, -0.15) is 0 Å². The molecule has 2 saturated heterocycles. The highest BCUT2D eigenvalue weighted by molar-refractivity contribution is 9.10. The summed E-state index contributed by atoms with van der Waals surface area (Å²) in [5.41, 5.74) is 1.41. The van der Waals surface area contributed by atoms with Crippen LogP contribution in [0.4, 0.5) is 0 Å². The minimum absolute atomic E-state index is 0.495. The maximum absolute atomic E-state index is 3.68. The van der Waals surface area contributed by atoms with Crippen LogP contribution in [0.15, 0.2) is 28.7 Å². The van der Waals surface area contributed by atoms with E-state index in [2.05, 4.69) is 62.2 Å². The Kier molecular flexibility index (Phi) is 4.76. The second-order valence-electron chi connectivity index (χ2n) is 5.92. The third kappa shape index (κ3) is 3.08. The van der Waals surface area contributed by atoms with E-state index in [0.717, 1.165) is 6.04 Å². The van der Waals surface area contributed by atoms with E-state index in [1.54, 1.807) is 0 Å². The molecule has 0 spiro atoms. The highest BCUT2D eigenvalue weighted by Gasteiger charge is 2.28. The van der Waals surface area contributed by atoms with Crippen LogP contribution in [0.25, 0.3) is 0 Å². The van der Waals surface area contributed by atoms with Crippen molar-refractivity contribution in [1.29, 1.82) is 0 Å². The molecule has 20 heavy (non-hydrogen) atoms. The molecule has 2 fully saturated rings. The lowest BCUT2D eigenvalue weighted by molar-refractivity contribution is 0.0785. The summed E-state index contributed by atoms with van der Waals surface area (Å²) in [6.45, 7) is 9.48. The predicted octanol–water partition coefficient (Wildman–Crippen LogP) is 2.49. The van der Waals surface area contributed by atoms with E-state index in [1.807, 2.05) is 0 Å². The molecule has 2 aliphatic heterocycles. The average molecular weight is 338 g/mol. The molecular formula is C16H24BrN3. The van der Waals surface area contributed by atoms with E-state index < -0.39 is 0 Å². The Hall–Kier alpha value is -0.420. The number of nitrogens with zero attached hydrogens (tertiary/aromatic N) is 2. The van der Waals surface area contributed by atoms with Gasteiger partial charge in [-0.1, -0.05) is 34.1 Å². The molecule has 2 aliphatic rings. The first-order valence-electron chi connectivity index (χ1n) is 7.69. The van der Waals surface area contributed by atoms with Crippen molar-refractivity contribution in [2.24, 2.45) is 0 Å². The molecule has 1 aromatic rings. The maximum atomic E-state index is 3.68. The molecule has 2 atom stereocenters. The molecule has 2 heterocycles. The molecule has 0 bridgehead atoms. The van der Waals surface area contributed by atoms with Gasteiger partial charge in [0, 0.05) is 49.3 Å². The SMILES string of the molecule is CC(c1ccccc1Br)N1CCN(C2CCNC2)CC1. The molecule has 3 rings (SSSR count). The van der Waals surface area contributed by atoms with Crippen molar-refractivity contribution in [2.75, 3.05) is 39.3 Å². The van der Waals surface area contributed by atoms with Crippen molar-refractivity contribution in [3.8, 4) is 0 Å². The molecule has 1 aromatic carbocycles. The normalized spacial score (nSPS) is 26.8. The predicted molar refractivity (Wildman–Crippen MR) is 87.0 cm³/mol. The summed E-state index contributed by atoms with van der Waals surface area (Å²) < 4.78 is 1.23. The molecule has 0 amide bonds. The Morgan fingerprint density at radius 3 is 2.60 bits per heavy atom. The summed E-state index contributed by atoms with van der Waals surface area (Å²) in [5, 5.41) is 3.48. The smallest absolute Gasteiger partial charge is 0.0332 e. The number of benzene rings is 1. The van der Waals surface area contributed by atoms with Crippen LogP contribution in [0.2, 0.25) is 0 Å². The van der Waals surface area contributed by atoms with Gasteiger partial charge < -0.3 is 5.32 Å². The van der Waals surface area contributed by atoms with Gasteiger partial charge in [-0.15, -0.1) is 0 Å². The Balaban J connectivity index is 1.59. The number of hydrogen-bond donors (Lipinski definition) is 1. The lowest BCUT2D eigenvalue weighted by Crippen LogP contribution is -2.51. The zero-order valence-corrected chi connectivity index (χ0v) is 13.8. The quantitative estimate of drug-likeness (QED) is 0.914. The van der Waals surface area contributed by atoms with E-state index in [-0.39, 0.29) is 0 Å². The second kappa shape index (κ2) is 6.56. The van der Waals surface area contributed by atoms with Crippen LogP contribution < -0.4 is 5.32 Å². The van der Waals surface area contributed by atoms with Gasteiger partial charge in [0.15, 0.2) is 0 Å². The summed E-state index contributed by atoms with van der Waals surface area (Å²) in [7, 11) is 0. The Labute approximate surface area is 130 Å². The Morgan fingerprint density at radius 2 is 1.95 bits per heavy atom. The highest BCUT2D eigenvalue weighted by Crippen LogP contribution is 2.28. The van der Waals surface area contributed by atoms with Gasteiger partial charge in [-0.05, 0) is 31.5 Å². The fourth-order valence-corrected chi connectivity index (χ4v) is 4.07. The first kappa shape index (κ1) is 14.5. The molecule has 0 aromatic heterocycles. The van der Waals surface area contributed by atoms with Crippen molar-refractivity contribution in [3.05, 3.63) is 34.3 Å². The van der Waals surface area contributed by atoms with Crippen LogP contribution in [-0.2, 0) is 0 Å². The lowest BCUT2D eigenvalue weighted by Gasteiger charge is -2.40. The molecule has 110 valence electrons. The van der Waals surface area contributed by atoms with Crippen molar-refractivity contribution in [2.45, 2.75) is 25.4 Å². The molecule has 0 saturated carbocycles. The fraction of sp³-hybridized carbons (Fsp3) is 0.625. The molecule has 4 heteroatoms. The lowest BCUT2D eigenvalue weighted by atomic mass is 10.1. The van der Waals surface area contributed by atoms with E-state index in [1.165, 1.54) is 55.7 Å². The number of nitrogens with one attached hydrogen (secondary N) is 1. The van der Waals surface area contributed by atoms with Crippen LogP contribution in [0.1, 0.15) is 24.9 Å². The monoisotopic (exact) mass is 337 g/mol. The molecule has 0 aliphatic carbocycles. The van der Waals surface area contributed by atoms with Gasteiger partial charge in [-0.25, -0.2) is 0 Å². The van der Waals surface area contributed by atoms with Gasteiger partial charge in [0.2, 0.25) is 0 Å². The van der Waals surface area contributed by atoms with Crippen LogP contribution in [0.5, 0.6) is 0 Å². The summed E-state index contributed by atoms with van der Waals surface area (Å²) in [5.74, 6) is 0. The van der Waals surface area contributed by atoms with E-state index in [0.29, 0.717) is 6.04 Å². The summed E-state index contributed by atoms with van der Waals surface area (Å²) in [4.78, 5) is 5.28. The van der Waals surface area contributed by atoms with Gasteiger partial charge >= 0.3 is 0 Å². The van der Waals surface area contributed by atoms with Crippen LogP contribution in [0, 0.1) is 0 Å². The molecular weight excluding hydrogens is 314 g/mol. The second-order valence-corrected chi connectivity index (χ2v) is 6.77. The van der Waals surface area contributed by atoms with Crippen molar-refractivity contribution < 1.29 is 0 Å². The van der Waals surface area contributed by atoms with Crippen molar-refractivity contribution in [3.63, 3.8) is 0 Å². The maximum Gasteiger partial charge on any atom is 0.0332 e. The summed E-state index contributed by atoms with van der Waals surface area (Å²) >= 11 is 3.68. The van der Waals surface area contributed by atoms with E-state index in [4.69, 9.17) is 0 Å². The summed E-state index contributed by atoms with van der Waals surface area (Å²) in [6, 6.07) is 9.88. The van der Waals surface area contributed by atoms with Crippen LogP contribution >= 0.6 is 15.9 Å².